The van der Waals surface area contributed by atoms with E-state index in [1.807, 2.05) is 6.20 Å². The van der Waals surface area contributed by atoms with Crippen LogP contribution in [0.2, 0.25) is 0 Å². The topological polar surface area (TPSA) is 73.7 Å². The molecule has 0 spiro atoms. The molecule has 0 saturated heterocycles. The number of hydrogen-bond donors (Lipinski definition) is 0. The molecule has 8 heteroatoms. The molecule has 4 rings (SSSR count). The molecule has 1 aromatic carbocycles. The molecule has 0 unspecified atom stereocenters. The van der Waals surface area contributed by atoms with Crippen molar-refractivity contribution in [2.75, 3.05) is 20.3 Å². The summed E-state index contributed by atoms with van der Waals surface area (Å²) in [5.41, 5.74) is 0.780. The number of aromatic nitrogens is 2. The second kappa shape index (κ2) is 6.92. The molecule has 0 bridgehead atoms. The van der Waals surface area contributed by atoms with Crippen molar-refractivity contribution in [1.82, 2.24) is 13.9 Å². The summed E-state index contributed by atoms with van der Waals surface area (Å²) < 4.78 is 40.5. The Bertz CT molecular complexity index is 884. The number of ether oxygens (including phenoxy) is 2. The van der Waals surface area contributed by atoms with Gasteiger partial charge in [0.1, 0.15) is 5.82 Å². The monoisotopic (exact) mass is 377 g/mol. The summed E-state index contributed by atoms with van der Waals surface area (Å²) in [5, 5.41) is 0. The molecule has 1 aromatic heterocycles. The second-order valence-corrected chi connectivity index (χ2v) is 8.76. The van der Waals surface area contributed by atoms with E-state index in [4.69, 9.17) is 9.47 Å². The van der Waals surface area contributed by atoms with Crippen LogP contribution in [-0.4, -0.2) is 42.5 Å². The molecule has 0 radical (unpaired) electrons. The van der Waals surface area contributed by atoms with Crippen molar-refractivity contribution in [2.24, 2.45) is 0 Å². The van der Waals surface area contributed by atoms with E-state index >= 15 is 0 Å². The van der Waals surface area contributed by atoms with Gasteiger partial charge in [-0.3, -0.25) is 0 Å². The van der Waals surface area contributed by atoms with Gasteiger partial charge in [0.2, 0.25) is 10.0 Å². The van der Waals surface area contributed by atoms with Gasteiger partial charge in [0.15, 0.2) is 11.5 Å². The predicted molar refractivity (Wildman–Crippen MR) is 95.9 cm³/mol. The van der Waals surface area contributed by atoms with Crippen LogP contribution in [0, 0.1) is 0 Å². The number of benzene rings is 1. The average Bonchev–Trinajstić information content (AvgIpc) is 2.89. The van der Waals surface area contributed by atoms with Gasteiger partial charge in [-0.25, -0.2) is 13.4 Å². The Balaban J connectivity index is 1.55. The molecule has 2 aromatic rings. The van der Waals surface area contributed by atoms with Gasteiger partial charge in [-0.15, -0.1) is 0 Å². The Labute approximate surface area is 153 Å². The van der Waals surface area contributed by atoms with Crippen molar-refractivity contribution in [3.05, 3.63) is 35.9 Å². The van der Waals surface area contributed by atoms with Crippen molar-refractivity contribution >= 4 is 10.0 Å². The zero-order valence-electron chi connectivity index (χ0n) is 14.8. The van der Waals surface area contributed by atoms with Crippen LogP contribution in [-0.2, 0) is 29.5 Å². The quantitative estimate of drug-likeness (QED) is 0.817. The van der Waals surface area contributed by atoms with Crippen molar-refractivity contribution in [3.8, 4) is 11.5 Å². The molecule has 7 nitrogen and oxygen atoms in total. The minimum Gasteiger partial charge on any atom is -0.490 e. The van der Waals surface area contributed by atoms with E-state index in [0.29, 0.717) is 24.7 Å². The molecule has 26 heavy (non-hydrogen) atoms. The van der Waals surface area contributed by atoms with Crippen LogP contribution >= 0.6 is 0 Å². The van der Waals surface area contributed by atoms with Crippen molar-refractivity contribution < 1.29 is 17.9 Å². The van der Waals surface area contributed by atoms with Gasteiger partial charge in [0.05, 0.1) is 30.3 Å². The van der Waals surface area contributed by atoms with E-state index in [1.165, 1.54) is 4.31 Å². The Kier molecular flexibility index (Phi) is 4.62. The molecule has 0 fully saturated rings. The molecule has 2 aliphatic heterocycles. The van der Waals surface area contributed by atoms with Gasteiger partial charge >= 0.3 is 0 Å². The maximum Gasteiger partial charge on any atom is 0.243 e. The van der Waals surface area contributed by atoms with Crippen molar-refractivity contribution in [2.45, 2.75) is 43.7 Å². The summed E-state index contributed by atoms with van der Waals surface area (Å²) in [7, 11) is -2.06. The number of sulfonamides is 1. The van der Waals surface area contributed by atoms with E-state index in [2.05, 4.69) is 9.55 Å². The van der Waals surface area contributed by atoms with E-state index in [1.54, 1.807) is 25.2 Å². The molecule has 0 aliphatic carbocycles. The molecule has 3 heterocycles. The number of aryl methyl sites for hydroxylation is 2. The molecule has 0 amide bonds. The van der Waals surface area contributed by atoms with Crippen LogP contribution < -0.4 is 9.47 Å². The Morgan fingerprint density at radius 2 is 1.96 bits per heavy atom. The average molecular weight is 377 g/mol. The van der Waals surface area contributed by atoms with E-state index in [0.717, 1.165) is 43.7 Å². The first-order valence-electron chi connectivity index (χ1n) is 8.95. The number of fused-ring (bicyclic) bond motifs is 2. The van der Waals surface area contributed by atoms with Gasteiger partial charge in [-0.05, 0) is 25.0 Å². The fraction of sp³-hybridized carbons (Fsp3) is 0.500. The smallest absolute Gasteiger partial charge is 0.243 e. The Morgan fingerprint density at radius 3 is 2.77 bits per heavy atom. The molecular weight excluding hydrogens is 354 g/mol. The van der Waals surface area contributed by atoms with E-state index in [-0.39, 0.29) is 11.4 Å². The van der Waals surface area contributed by atoms with Gasteiger partial charge in [0, 0.05) is 38.7 Å². The molecule has 0 saturated carbocycles. The van der Waals surface area contributed by atoms with Gasteiger partial charge in [-0.1, -0.05) is 0 Å². The third kappa shape index (κ3) is 3.31. The minimum atomic E-state index is -3.64. The summed E-state index contributed by atoms with van der Waals surface area (Å²) >= 11 is 0. The first-order chi connectivity index (χ1) is 12.5. The van der Waals surface area contributed by atoms with Crippen molar-refractivity contribution in [1.29, 1.82) is 0 Å². The lowest BCUT2D eigenvalue weighted by molar-refractivity contribution is 0.297. The first kappa shape index (κ1) is 17.4. The third-order valence-electron chi connectivity index (χ3n) is 4.77. The minimum absolute atomic E-state index is 0.202. The highest BCUT2D eigenvalue weighted by atomic mass is 32.2. The first-order valence-corrected chi connectivity index (χ1v) is 10.4. The van der Waals surface area contributed by atoms with Crippen LogP contribution in [0.15, 0.2) is 29.3 Å². The zero-order chi connectivity index (χ0) is 18.1. The highest BCUT2D eigenvalue weighted by Gasteiger charge is 2.25. The fourth-order valence-electron chi connectivity index (χ4n) is 3.34. The molecule has 0 N–H and O–H groups in total. The summed E-state index contributed by atoms with van der Waals surface area (Å²) in [4.78, 5) is 4.79. The van der Waals surface area contributed by atoms with Crippen LogP contribution in [0.25, 0.3) is 0 Å². The molecule has 0 atom stereocenters. The lowest BCUT2D eigenvalue weighted by Gasteiger charge is -2.17. The van der Waals surface area contributed by atoms with Crippen molar-refractivity contribution in [3.63, 3.8) is 0 Å². The van der Waals surface area contributed by atoms with Crippen LogP contribution in [0.4, 0.5) is 0 Å². The molecular formula is C18H23N3O4S. The highest BCUT2D eigenvalue weighted by molar-refractivity contribution is 7.89. The summed E-state index contributed by atoms with van der Waals surface area (Å²) in [6.45, 7) is 2.30. The van der Waals surface area contributed by atoms with Gasteiger partial charge < -0.3 is 14.0 Å². The second-order valence-electron chi connectivity index (χ2n) is 6.72. The molecule has 2 aliphatic rings. The van der Waals surface area contributed by atoms with Gasteiger partial charge in [0.25, 0.3) is 0 Å². The maximum atomic E-state index is 12.9. The number of rotatable bonds is 4. The number of nitrogens with zero attached hydrogens (tertiary/aromatic N) is 3. The largest absolute Gasteiger partial charge is 0.490 e. The van der Waals surface area contributed by atoms with Crippen LogP contribution in [0.1, 0.15) is 30.8 Å². The highest BCUT2D eigenvalue weighted by Crippen LogP contribution is 2.33. The lowest BCUT2D eigenvalue weighted by atomic mass is 10.2. The van der Waals surface area contributed by atoms with Crippen LogP contribution in [0.3, 0.4) is 0 Å². The normalized spacial score (nSPS) is 17.0. The Hall–Kier alpha value is -2.06. The predicted octanol–water partition coefficient (Wildman–Crippen LogP) is 2.20. The summed E-state index contributed by atoms with van der Waals surface area (Å²) in [5.74, 6) is 2.12. The van der Waals surface area contributed by atoms with Gasteiger partial charge in [-0.2, -0.15) is 4.31 Å². The third-order valence-corrected chi connectivity index (χ3v) is 6.57. The number of hydrogen-bond acceptors (Lipinski definition) is 5. The Morgan fingerprint density at radius 1 is 1.15 bits per heavy atom. The SMILES string of the molecule is CN(Cc1cn2c(n1)CCCC2)S(=O)(=O)c1ccc2c(c1)OCCCO2. The van der Waals surface area contributed by atoms with E-state index < -0.39 is 10.0 Å². The lowest BCUT2D eigenvalue weighted by Crippen LogP contribution is -2.26. The van der Waals surface area contributed by atoms with E-state index in [9.17, 15) is 8.42 Å². The standard InChI is InChI=1S/C18H23N3O4S/c1-20(12-14-13-21-8-3-2-5-18(21)19-14)26(22,23)15-6-7-16-17(11-15)25-10-4-9-24-16/h6-7,11,13H,2-5,8-10,12H2,1H3. The number of imidazole rings is 1. The fourth-order valence-corrected chi connectivity index (χ4v) is 4.50. The maximum absolute atomic E-state index is 12.9. The zero-order valence-corrected chi connectivity index (χ0v) is 15.7. The van der Waals surface area contributed by atoms with Crippen LogP contribution in [0.5, 0.6) is 11.5 Å². The molecule has 140 valence electrons. The summed E-state index contributed by atoms with van der Waals surface area (Å²) in [6, 6.07) is 4.78. The summed E-state index contributed by atoms with van der Waals surface area (Å²) in [6.07, 6.45) is 5.99.